The molecule has 18 heavy (non-hydrogen) atoms. The number of piperazine rings is 1. The van der Waals surface area contributed by atoms with Gasteiger partial charge in [-0.25, -0.2) is 9.97 Å². The molecule has 2 aromatic heterocycles. The molecule has 6 heteroatoms. The van der Waals surface area contributed by atoms with Crippen LogP contribution in [0.3, 0.4) is 0 Å². The molecule has 1 aliphatic heterocycles. The molecule has 0 aliphatic carbocycles. The van der Waals surface area contributed by atoms with Crippen molar-refractivity contribution in [2.24, 2.45) is 7.05 Å². The van der Waals surface area contributed by atoms with Crippen molar-refractivity contribution >= 4 is 11.3 Å². The third-order valence-electron chi connectivity index (χ3n) is 3.36. The van der Waals surface area contributed by atoms with E-state index in [2.05, 4.69) is 37.2 Å². The minimum Gasteiger partial charge on any atom is -0.337 e. The van der Waals surface area contributed by atoms with Gasteiger partial charge < -0.3 is 9.88 Å². The third-order valence-corrected chi connectivity index (χ3v) is 3.99. The maximum atomic E-state index is 4.48. The van der Waals surface area contributed by atoms with Crippen LogP contribution < -0.4 is 5.32 Å². The molecule has 0 saturated carbocycles. The molecule has 1 saturated heterocycles. The first kappa shape index (κ1) is 11.8. The third kappa shape index (κ3) is 2.31. The number of nitrogens with zero attached hydrogens (tertiary/aromatic N) is 4. The van der Waals surface area contributed by atoms with Crippen molar-refractivity contribution < 1.29 is 0 Å². The highest BCUT2D eigenvalue weighted by molar-refractivity contribution is 7.07. The lowest BCUT2D eigenvalue weighted by atomic mass is 10.1. The summed E-state index contributed by atoms with van der Waals surface area (Å²) >= 11 is 1.66. The summed E-state index contributed by atoms with van der Waals surface area (Å²) in [5.74, 6) is 1.12. The highest BCUT2D eigenvalue weighted by Gasteiger charge is 2.26. The van der Waals surface area contributed by atoms with E-state index in [9.17, 15) is 0 Å². The lowest BCUT2D eigenvalue weighted by Crippen LogP contribution is -2.46. The molecule has 1 N–H and O–H groups in total. The first-order chi connectivity index (χ1) is 8.84. The zero-order valence-corrected chi connectivity index (χ0v) is 11.2. The largest absolute Gasteiger partial charge is 0.337 e. The van der Waals surface area contributed by atoms with Gasteiger partial charge in [0.1, 0.15) is 5.82 Å². The highest BCUT2D eigenvalue weighted by atomic mass is 32.1. The Balaban J connectivity index is 1.80. The number of thiazole rings is 1. The Bertz CT molecular complexity index is 492. The van der Waals surface area contributed by atoms with Crippen molar-refractivity contribution in [3.63, 3.8) is 0 Å². The zero-order valence-electron chi connectivity index (χ0n) is 10.4. The maximum Gasteiger partial charge on any atom is 0.127 e. The zero-order chi connectivity index (χ0) is 12.4. The van der Waals surface area contributed by atoms with Crippen LogP contribution in [-0.4, -0.2) is 39.1 Å². The number of aromatic nitrogens is 3. The summed E-state index contributed by atoms with van der Waals surface area (Å²) in [5.41, 5.74) is 3.05. The van der Waals surface area contributed by atoms with Crippen molar-refractivity contribution in [2.75, 3.05) is 19.6 Å². The molecule has 0 amide bonds. The Morgan fingerprint density at radius 1 is 1.50 bits per heavy atom. The Labute approximate surface area is 110 Å². The molecule has 3 rings (SSSR count). The number of hydrogen-bond donors (Lipinski definition) is 1. The number of imidazole rings is 1. The Kier molecular flexibility index (Phi) is 3.40. The van der Waals surface area contributed by atoms with Gasteiger partial charge in [0, 0.05) is 51.0 Å². The van der Waals surface area contributed by atoms with Crippen LogP contribution in [0.15, 0.2) is 23.3 Å². The van der Waals surface area contributed by atoms with Crippen LogP contribution in [0.1, 0.15) is 17.6 Å². The van der Waals surface area contributed by atoms with E-state index in [1.165, 1.54) is 0 Å². The average molecular weight is 263 g/mol. The fraction of sp³-hybridized carbons (Fsp3) is 0.500. The second-order valence-electron chi connectivity index (χ2n) is 4.57. The monoisotopic (exact) mass is 263 g/mol. The van der Waals surface area contributed by atoms with E-state index in [0.29, 0.717) is 6.04 Å². The Morgan fingerprint density at radius 2 is 2.44 bits per heavy atom. The minimum absolute atomic E-state index is 0.334. The SMILES string of the molecule is Cn1ccnc1C1CNCCN1Cc1cscn1. The van der Waals surface area contributed by atoms with E-state index in [1.54, 1.807) is 11.3 Å². The summed E-state index contributed by atoms with van der Waals surface area (Å²) in [6.07, 6.45) is 3.87. The van der Waals surface area contributed by atoms with Crippen molar-refractivity contribution in [2.45, 2.75) is 12.6 Å². The number of hydrogen-bond acceptors (Lipinski definition) is 5. The van der Waals surface area contributed by atoms with Crippen LogP contribution in [0.2, 0.25) is 0 Å². The van der Waals surface area contributed by atoms with E-state index in [-0.39, 0.29) is 0 Å². The predicted octanol–water partition coefficient (Wildman–Crippen LogP) is 1.02. The first-order valence-electron chi connectivity index (χ1n) is 6.13. The fourth-order valence-corrected chi connectivity index (χ4v) is 2.96. The Morgan fingerprint density at radius 3 is 3.17 bits per heavy atom. The van der Waals surface area contributed by atoms with Crippen LogP contribution in [0.4, 0.5) is 0 Å². The molecule has 1 aliphatic rings. The molecule has 3 heterocycles. The quantitative estimate of drug-likeness (QED) is 0.898. The molecule has 0 spiro atoms. The topological polar surface area (TPSA) is 46.0 Å². The number of aryl methyl sites for hydroxylation is 1. The molecule has 2 aromatic rings. The summed E-state index contributed by atoms with van der Waals surface area (Å²) in [7, 11) is 2.05. The van der Waals surface area contributed by atoms with E-state index < -0.39 is 0 Å². The van der Waals surface area contributed by atoms with Gasteiger partial charge in [-0.05, 0) is 0 Å². The second-order valence-corrected chi connectivity index (χ2v) is 5.29. The summed E-state index contributed by atoms with van der Waals surface area (Å²) in [4.78, 5) is 11.3. The standard InChI is InChI=1S/C12H17N5S/c1-16-4-3-14-12(16)11-6-13-2-5-17(11)7-10-8-18-9-15-10/h3-4,8-9,11,13H,2,5-7H2,1H3. The van der Waals surface area contributed by atoms with Gasteiger partial charge in [-0.2, -0.15) is 0 Å². The van der Waals surface area contributed by atoms with E-state index in [1.807, 2.05) is 17.9 Å². The summed E-state index contributed by atoms with van der Waals surface area (Å²) < 4.78 is 2.10. The Hall–Kier alpha value is -1.24. The molecule has 0 radical (unpaired) electrons. The van der Waals surface area contributed by atoms with Crippen LogP contribution >= 0.6 is 11.3 Å². The van der Waals surface area contributed by atoms with Gasteiger partial charge in [0.25, 0.3) is 0 Å². The molecular formula is C12H17N5S. The van der Waals surface area contributed by atoms with Crippen molar-refractivity contribution in [3.8, 4) is 0 Å². The van der Waals surface area contributed by atoms with Gasteiger partial charge in [0.05, 0.1) is 17.2 Å². The van der Waals surface area contributed by atoms with E-state index >= 15 is 0 Å². The van der Waals surface area contributed by atoms with Crippen molar-refractivity contribution in [1.82, 2.24) is 24.8 Å². The molecule has 1 fully saturated rings. The normalized spacial score (nSPS) is 21.3. The minimum atomic E-state index is 0.334. The molecule has 0 bridgehead atoms. The van der Waals surface area contributed by atoms with Crippen LogP contribution in [-0.2, 0) is 13.6 Å². The number of rotatable bonds is 3. The summed E-state index contributed by atoms with van der Waals surface area (Å²) in [6.45, 7) is 3.93. The van der Waals surface area contributed by atoms with Crippen LogP contribution in [0.5, 0.6) is 0 Å². The smallest absolute Gasteiger partial charge is 0.127 e. The summed E-state index contributed by atoms with van der Waals surface area (Å²) in [5, 5.41) is 5.57. The van der Waals surface area contributed by atoms with Gasteiger partial charge in [0.15, 0.2) is 0 Å². The van der Waals surface area contributed by atoms with E-state index in [0.717, 1.165) is 37.7 Å². The van der Waals surface area contributed by atoms with Gasteiger partial charge >= 0.3 is 0 Å². The van der Waals surface area contributed by atoms with Crippen LogP contribution in [0, 0.1) is 0 Å². The highest BCUT2D eigenvalue weighted by Crippen LogP contribution is 2.22. The molecule has 5 nitrogen and oxygen atoms in total. The van der Waals surface area contributed by atoms with E-state index in [4.69, 9.17) is 0 Å². The van der Waals surface area contributed by atoms with Gasteiger partial charge in [0.2, 0.25) is 0 Å². The fourth-order valence-electron chi connectivity index (χ4n) is 2.41. The van der Waals surface area contributed by atoms with Crippen molar-refractivity contribution in [3.05, 3.63) is 34.8 Å². The molecule has 96 valence electrons. The first-order valence-corrected chi connectivity index (χ1v) is 7.08. The van der Waals surface area contributed by atoms with Crippen LogP contribution in [0.25, 0.3) is 0 Å². The number of nitrogens with one attached hydrogen (secondary N) is 1. The lowest BCUT2D eigenvalue weighted by molar-refractivity contribution is 0.143. The average Bonchev–Trinajstić information content (AvgIpc) is 3.02. The van der Waals surface area contributed by atoms with Crippen molar-refractivity contribution in [1.29, 1.82) is 0 Å². The maximum absolute atomic E-state index is 4.48. The molecule has 1 atom stereocenters. The molecule has 0 aromatic carbocycles. The summed E-state index contributed by atoms with van der Waals surface area (Å²) in [6, 6.07) is 0.334. The lowest BCUT2D eigenvalue weighted by Gasteiger charge is -2.35. The second kappa shape index (κ2) is 5.17. The predicted molar refractivity (Wildman–Crippen MR) is 71.3 cm³/mol. The van der Waals surface area contributed by atoms with Gasteiger partial charge in [-0.1, -0.05) is 0 Å². The molecule has 1 unspecified atom stereocenters. The van der Waals surface area contributed by atoms with Gasteiger partial charge in [-0.15, -0.1) is 11.3 Å². The molecular weight excluding hydrogens is 246 g/mol. The van der Waals surface area contributed by atoms with Gasteiger partial charge in [-0.3, -0.25) is 4.90 Å².